The zero-order valence-electron chi connectivity index (χ0n) is 7.46. The fourth-order valence-electron chi connectivity index (χ4n) is 0.880. The maximum atomic E-state index is 4.90. The number of methoxy groups -OCH3 is 1. The molecule has 0 bridgehead atoms. The molecule has 0 spiro atoms. The predicted octanol–water partition coefficient (Wildman–Crippen LogP) is 1.19. The van der Waals surface area contributed by atoms with Crippen LogP contribution >= 0.6 is 11.3 Å². The van der Waals surface area contributed by atoms with Gasteiger partial charge in [0.2, 0.25) is 0 Å². The zero-order chi connectivity index (χ0) is 8.81. The minimum absolute atomic E-state index is 0.753. The number of nitrogens with zero attached hydrogens (tertiary/aromatic N) is 1. The molecule has 0 radical (unpaired) electrons. The molecule has 1 aromatic heterocycles. The van der Waals surface area contributed by atoms with Gasteiger partial charge < -0.3 is 10.1 Å². The monoisotopic (exact) mass is 186 g/mol. The van der Waals surface area contributed by atoms with E-state index < -0.39 is 0 Å². The van der Waals surface area contributed by atoms with Gasteiger partial charge in [0.1, 0.15) is 0 Å². The van der Waals surface area contributed by atoms with Crippen LogP contribution in [0.1, 0.15) is 10.7 Å². The molecule has 0 aliphatic carbocycles. The van der Waals surface area contributed by atoms with Crippen LogP contribution in [0.4, 0.5) is 0 Å². The summed E-state index contributed by atoms with van der Waals surface area (Å²) in [5.74, 6) is 0. The van der Waals surface area contributed by atoms with Gasteiger partial charge in [0.25, 0.3) is 0 Å². The molecule has 12 heavy (non-hydrogen) atoms. The highest BCUT2D eigenvalue weighted by Crippen LogP contribution is 2.06. The fraction of sp³-hybridized carbons (Fsp3) is 0.625. The van der Waals surface area contributed by atoms with E-state index in [1.54, 1.807) is 18.4 Å². The Kier molecular flexibility index (Phi) is 4.21. The predicted molar refractivity (Wildman–Crippen MR) is 50.4 cm³/mol. The van der Waals surface area contributed by atoms with Gasteiger partial charge in [0.15, 0.2) is 0 Å². The fourth-order valence-corrected chi connectivity index (χ4v) is 1.49. The van der Waals surface area contributed by atoms with Gasteiger partial charge >= 0.3 is 0 Å². The molecule has 68 valence electrons. The van der Waals surface area contributed by atoms with E-state index in [1.807, 2.05) is 6.92 Å². The van der Waals surface area contributed by atoms with Gasteiger partial charge in [-0.1, -0.05) is 0 Å². The van der Waals surface area contributed by atoms with Crippen molar-refractivity contribution in [2.75, 3.05) is 20.3 Å². The molecule has 0 amide bonds. The first-order valence-corrected chi connectivity index (χ1v) is 4.81. The summed E-state index contributed by atoms with van der Waals surface area (Å²) in [7, 11) is 1.70. The molecule has 0 saturated carbocycles. The van der Waals surface area contributed by atoms with Crippen molar-refractivity contribution >= 4 is 11.3 Å². The summed E-state index contributed by atoms with van der Waals surface area (Å²) in [5.41, 5.74) is 1.12. The minimum Gasteiger partial charge on any atom is -0.383 e. The second-order valence-electron chi connectivity index (χ2n) is 2.53. The van der Waals surface area contributed by atoms with Crippen molar-refractivity contribution < 1.29 is 4.74 Å². The number of nitrogens with one attached hydrogen (secondary N) is 1. The van der Waals surface area contributed by atoms with E-state index in [9.17, 15) is 0 Å². The lowest BCUT2D eigenvalue weighted by atomic mass is 10.5. The van der Waals surface area contributed by atoms with Gasteiger partial charge in [-0.15, -0.1) is 11.3 Å². The number of thiazole rings is 1. The van der Waals surface area contributed by atoms with Crippen LogP contribution in [0.5, 0.6) is 0 Å². The van der Waals surface area contributed by atoms with Gasteiger partial charge in [-0.2, -0.15) is 0 Å². The lowest BCUT2D eigenvalue weighted by Gasteiger charge is -2.00. The first-order chi connectivity index (χ1) is 5.83. The standard InChI is InChI=1S/C8H14N2OS/c1-7-10-8(6-12-7)5-9-3-4-11-2/h6,9H,3-5H2,1-2H3. The molecule has 0 aliphatic heterocycles. The third kappa shape index (κ3) is 3.30. The maximum Gasteiger partial charge on any atom is 0.0897 e. The highest BCUT2D eigenvalue weighted by atomic mass is 32.1. The second kappa shape index (κ2) is 5.24. The quantitative estimate of drug-likeness (QED) is 0.701. The Morgan fingerprint density at radius 2 is 2.50 bits per heavy atom. The Morgan fingerprint density at radius 1 is 1.67 bits per heavy atom. The first kappa shape index (κ1) is 9.64. The van der Waals surface area contributed by atoms with E-state index in [0.717, 1.165) is 30.4 Å². The van der Waals surface area contributed by atoms with Crippen molar-refractivity contribution in [3.63, 3.8) is 0 Å². The van der Waals surface area contributed by atoms with Crippen LogP contribution in [0.25, 0.3) is 0 Å². The normalized spacial score (nSPS) is 10.5. The highest BCUT2D eigenvalue weighted by Gasteiger charge is 1.95. The van der Waals surface area contributed by atoms with Crippen LogP contribution in [0, 0.1) is 6.92 Å². The molecule has 0 atom stereocenters. The van der Waals surface area contributed by atoms with Crippen molar-refractivity contribution in [3.05, 3.63) is 16.1 Å². The zero-order valence-corrected chi connectivity index (χ0v) is 8.28. The summed E-state index contributed by atoms with van der Waals surface area (Å²) in [4.78, 5) is 4.32. The summed E-state index contributed by atoms with van der Waals surface area (Å²) in [5, 5.41) is 6.44. The van der Waals surface area contributed by atoms with Crippen LogP contribution in [0.3, 0.4) is 0 Å². The van der Waals surface area contributed by atoms with Gasteiger partial charge in [0, 0.05) is 25.6 Å². The van der Waals surface area contributed by atoms with Crippen LogP contribution < -0.4 is 5.32 Å². The van der Waals surface area contributed by atoms with Gasteiger partial charge in [-0.3, -0.25) is 0 Å². The summed E-state index contributed by atoms with van der Waals surface area (Å²) in [6.45, 7) is 4.49. The minimum atomic E-state index is 0.753. The van der Waals surface area contributed by atoms with Gasteiger partial charge in [-0.25, -0.2) is 4.98 Å². The van der Waals surface area contributed by atoms with Crippen molar-refractivity contribution in [1.29, 1.82) is 0 Å². The lowest BCUT2D eigenvalue weighted by molar-refractivity contribution is 0.199. The topological polar surface area (TPSA) is 34.1 Å². The SMILES string of the molecule is COCCNCc1csc(C)n1. The molecule has 4 heteroatoms. The number of aromatic nitrogens is 1. The first-order valence-electron chi connectivity index (χ1n) is 3.93. The molecule has 0 saturated heterocycles. The molecular formula is C8H14N2OS. The third-order valence-corrected chi connectivity index (χ3v) is 2.28. The second-order valence-corrected chi connectivity index (χ2v) is 3.59. The van der Waals surface area contributed by atoms with Crippen LogP contribution in [-0.2, 0) is 11.3 Å². The van der Waals surface area contributed by atoms with E-state index in [2.05, 4.69) is 15.7 Å². The van der Waals surface area contributed by atoms with E-state index in [4.69, 9.17) is 4.74 Å². The molecule has 0 aromatic carbocycles. The number of aryl methyl sites for hydroxylation is 1. The number of hydrogen-bond donors (Lipinski definition) is 1. The van der Waals surface area contributed by atoms with Crippen molar-refractivity contribution in [2.24, 2.45) is 0 Å². The van der Waals surface area contributed by atoms with Crippen molar-refractivity contribution in [1.82, 2.24) is 10.3 Å². The molecule has 3 nitrogen and oxygen atoms in total. The van der Waals surface area contributed by atoms with Crippen molar-refractivity contribution in [2.45, 2.75) is 13.5 Å². The van der Waals surface area contributed by atoms with E-state index in [1.165, 1.54) is 0 Å². The lowest BCUT2D eigenvalue weighted by Crippen LogP contribution is -2.18. The molecule has 0 unspecified atom stereocenters. The van der Waals surface area contributed by atoms with Crippen LogP contribution in [-0.4, -0.2) is 25.2 Å². The maximum absolute atomic E-state index is 4.90. The molecule has 0 fully saturated rings. The number of hydrogen-bond acceptors (Lipinski definition) is 4. The molecule has 0 aliphatic rings. The smallest absolute Gasteiger partial charge is 0.0897 e. The van der Waals surface area contributed by atoms with Gasteiger partial charge in [-0.05, 0) is 6.92 Å². The summed E-state index contributed by atoms with van der Waals surface area (Å²) >= 11 is 1.69. The molecule has 1 N–H and O–H groups in total. The van der Waals surface area contributed by atoms with E-state index in [-0.39, 0.29) is 0 Å². The highest BCUT2D eigenvalue weighted by molar-refractivity contribution is 7.09. The number of ether oxygens (including phenoxy) is 1. The Hall–Kier alpha value is -0.450. The Balaban J connectivity index is 2.15. The van der Waals surface area contributed by atoms with Crippen LogP contribution in [0.2, 0.25) is 0 Å². The summed E-state index contributed by atoms with van der Waals surface area (Å²) in [6.07, 6.45) is 0. The Morgan fingerprint density at radius 3 is 3.08 bits per heavy atom. The molecule has 1 heterocycles. The Labute approximate surface area is 76.8 Å². The molecular weight excluding hydrogens is 172 g/mol. The largest absolute Gasteiger partial charge is 0.383 e. The van der Waals surface area contributed by atoms with Crippen LogP contribution in [0.15, 0.2) is 5.38 Å². The molecule has 1 rings (SSSR count). The van der Waals surface area contributed by atoms with Crippen molar-refractivity contribution in [3.8, 4) is 0 Å². The van der Waals surface area contributed by atoms with E-state index in [0.29, 0.717) is 0 Å². The summed E-state index contributed by atoms with van der Waals surface area (Å²) in [6, 6.07) is 0. The average Bonchev–Trinajstić information content (AvgIpc) is 2.45. The van der Waals surface area contributed by atoms with Gasteiger partial charge in [0.05, 0.1) is 17.3 Å². The molecule has 1 aromatic rings. The average molecular weight is 186 g/mol. The number of rotatable bonds is 5. The summed E-state index contributed by atoms with van der Waals surface area (Å²) < 4.78 is 4.90. The third-order valence-electron chi connectivity index (χ3n) is 1.46. The Bertz CT molecular complexity index is 225. The van der Waals surface area contributed by atoms with E-state index >= 15 is 0 Å².